The first-order chi connectivity index (χ1) is 15.5. The third kappa shape index (κ3) is 5.17. The number of nitrogens with one attached hydrogen (secondary N) is 1. The zero-order valence-electron chi connectivity index (χ0n) is 16.6. The van der Waals surface area contributed by atoms with E-state index < -0.39 is 5.76 Å². The van der Waals surface area contributed by atoms with Crippen LogP contribution in [0.4, 0.5) is 14.5 Å². The summed E-state index contributed by atoms with van der Waals surface area (Å²) in [4.78, 5) is 30.6. The second-order valence-corrected chi connectivity index (χ2v) is 8.63. The fraction of sp³-hybridized carbons (Fsp3) is 0.0870. The van der Waals surface area contributed by atoms with E-state index in [9.17, 15) is 18.4 Å². The van der Waals surface area contributed by atoms with Crippen LogP contribution in [-0.2, 0) is 4.79 Å². The average Bonchev–Trinajstić information content (AvgIpc) is 2.79. The Morgan fingerprint density at radius 1 is 0.969 bits per heavy atom. The Labute approximate surface area is 190 Å². The van der Waals surface area contributed by atoms with E-state index in [-0.39, 0.29) is 17.2 Å². The van der Waals surface area contributed by atoms with Gasteiger partial charge in [0.2, 0.25) is 5.91 Å². The predicted octanol–water partition coefficient (Wildman–Crippen LogP) is 5.43. The first kappa shape index (κ1) is 22.0. The number of halogens is 2. The molecule has 9 heteroatoms. The molecule has 1 N–H and O–H groups in total. The molecule has 1 amide bonds. The lowest BCUT2D eigenvalue weighted by Gasteiger charge is -2.13. The zero-order valence-corrected chi connectivity index (χ0v) is 18.2. The molecule has 0 radical (unpaired) electrons. The lowest BCUT2D eigenvalue weighted by Crippen LogP contribution is -2.22. The van der Waals surface area contributed by atoms with E-state index in [1.165, 1.54) is 16.7 Å². The molecule has 0 atom stereocenters. The Kier molecular flexibility index (Phi) is 6.87. The topological polar surface area (TPSA) is 64.0 Å². The van der Waals surface area contributed by atoms with Gasteiger partial charge in [-0.15, -0.1) is 0 Å². The van der Waals surface area contributed by atoms with Gasteiger partial charge in [-0.2, -0.15) is 8.78 Å². The molecular formula is C23H17F2N3O2S2. The molecule has 0 bridgehead atoms. The fourth-order valence-electron chi connectivity index (χ4n) is 3.06. The highest BCUT2D eigenvalue weighted by Gasteiger charge is 2.15. The summed E-state index contributed by atoms with van der Waals surface area (Å²) in [6, 6.07) is 22.4. The number of carbonyl (C=O) groups excluding carboxylic acids is 1. The number of hydrogen-bond donors (Lipinski definition) is 1. The van der Waals surface area contributed by atoms with Crippen molar-refractivity contribution in [2.45, 2.75) is 15.8 Å². The van der Waals surface area contributed by atoms with Gasteiger partial charge in [-0.1, -0.05) is 53.9 Å². The molecule has 0 fully saturated rings. The van der Waals surface area contributed by atoms with Crippen molar-refractivity contribution in [3.05, 3.63) is 89.2 Å². The van der Waals surface area contributed by atoms with Gasteiger partial charge in [0.15, 0.2) is 5.16 Å². The molecule has 0 aliphatic rings. The molecule has 1 heterocycles. The van der Waals surface area contributed by atoms with E-state index in [1.54, 1.807) is 48.5 Å². The number of benzene rings is 3. The Balaban J connectivity index is 1.55. The SMILES string of the molecule is O=C(CSc1nc2ccccc2c(=O)n1-c1ccccc1)Nc1ccc(SC(F)F)cc1. The minimum absolute atomic E-state index is 0.0190. The summed E-state index contributed by atoms with van der Waals surface area (Å²) in [5.74, 6) is -2.78. The number of hydrogen-bond acceptors (Lipinski definition) is 5. The number of thioether (sulfide) groups is 2. The summed E-state index contributed by atoms with van der Waals surface area (Å²) in [5, 5.41) is 3.63. The van der Waals surface area contributed by atoms with Crippen LogP contribution in [0.3, 0.4) is 0 Å². The van der Waals surface area contributed by atoms with Gasteiger partial charge in [0.1, 0.15) is 0 Å². The van der Waals surface area contributed by atoms with Crippen molar-refractivity contribution in [3.8, 4) is 5.69 Å². The summed E-state index contributed by atoms with van der Waals surface area (Å²) >= 11 is 1.59. The van der Waals surface area contributed by atoms with E-state index >= 15 is 0 Å². The van der Waals surface area contributed by atoms with Crippen LogP contribution in [0.5, 0.6) is 0 Å². The second-order valence-electron chi connectivity index (χ2n) is 6.63. The predicted molar refractivity (Wildman–Crippen MR) is 125 cm³/mol. The van der Waals surface area contributed by atoms with E-state index in [4.69, 9.17) is 0 Å². The Bertz CT molecular complexity index is 1300. The smallest absolute Gasteiger partial charge is 0.288 e. The van der Waals surface area contributed by atoms with Crippen LogP contribution in [0.15, 0.2) is 93.7 Å². The van der Waals surface area contributed by atoms with Gasteiger partial charge in [-0.05, 0) is 48.5 Å². The number of amides is 1. The molecular weight excluding hydrogens is 452 g/mol. The third-order valence-corrected chi connectivity index (χ3v) is 6.12. The lowest BCUT2D eigenvalue weighted by molar-refractivity contribution is -0.113. The zero-order chi connectivity index (χ0) is 22.5. The van der Waals surface area contributed by atoms with Crippen molar-refractivity contribution >= 4 is 46.0 Å². The van der Waals surface area contributed by atoms with E-state index in [0.29, 0.717) is 44.1 Å². The van der Waals surface area contributed by atoms with Crippen molar-refractivity contribution in [3.63, 3.8) is 0 Å². The largest absolute Gasteiger partial charge is 0.325 e. The molecule has 32 heavy (non-hydrogen) atoms. The summed E-state index contributed by atoms with van der Waals surface area (Å²) in [7, 11) is 0. The molecule has 0 unspecified atom stereocenters. The first-order valence-electron chi connectivity index (χ1n) is 9.56. The highest BCUT2D eigenvalue weighted by atomic mass is 32.2. The van der Waals surface area contributed by atoms with Crippen LogP contribution in [-0.4, -0.2) is 27.0 Å². The molecule has 3 aromatic carbocycles. The van der Waals surface area contributed by atoms with Gasteiger partial charge in [0.25, 0.3) is 11.3 Å². The molecule has 4 aromatic rings. The number of aromatic nitrogens is 2. The number of rotatable bonds is 7. The van der Waals surface area contributed by atoms with Gasteiger partial charge in [-0.25, -0.2) is 4.98 Å². The van der Waals surface area contributed by atoms with Crippen molar-refractivity contribution in [2.75, 3.05) is 11.1 Å². The molecule has 0 saturated heterocycles. The van der Waals surface area contributed by atoms with Gasteiger partial charge in [0, 0.05) is 10.6 Å². The number of fused-ring (bicyclic) bond motifs is 1. The first-order valence-corrected chi connectivity index (χ1v) is 11.4. The quantitative estimate of drug-likeness (QED) is 0.289. The van der Waals surface area contributed by atoms with Crippen molar-refractivity contribution in [1.82, 2.24) is 9.55 Å². The van der Waals surface area contributed by atoms with Gasteiger partial charge in [-0.3, -0.25) is 14.2 Å². The second kappa shape index (κ2) is 9.97. The monoisotopic (exact) mass is 469 g/mol. The Morgan fingerprint density at radius 3 is 2.38 bits per heavy atom. The Hall–Kier alpha value is -3.17. The van der Waals surface area contributed by atoms with Crippen LogP contribution in [0.1, 0.15) is 0 Å². The van der Waals surface area contributed by atoms with Crippen LogP contribution in [0.25, 0.3) is 16.6 Å². The van der Waals surface area contributed by atoms with Crippen molar-refractivity contribution < 1.29 is 13.6 Å². The van der Waals surface area contributed by atoms with Crippen LogP contribution < -0.4 is 10.9 Å². The van der Waals surface area contributed by atoms with Gasteiger partial charge in [0.05, 0.1) is 22.3 Å². The number of carbonyl (C=O) groups is 1. The van der Waals surface area contributed by atoms with Gasteiger partial charge >= 0.3 is 0 Å². The maximum Gasteiger partial charge on any atom is 0.288 e. The average molecular weight is 470 g/mol. The maximum absolute atomic E-state index is 13.1. The third-order valence-electron chi connectivity index (χ3n) is 4.45. The fourth-order valence-corrected chi connectivity index (χ4v) is 4.37. The minimum Gasteiger partial charge on any atom is -0.325 e. The molecule has 0 spiro atoms. The molecule has 0 aliphatic carbocycles. The molecule has 4 rings (SSSR count). The number of anilines is 1. The standard InChI is InChI=1S/C23H17F2N3O2S2/c24-22(25)32-17-12-10-15(11-13-17)26-20(29)14-31-23-27-19-9-5-4-8-18(19)21(30)28(23)16-6-2-1-3-7-16/h1-13,22H,14H2,(H,26,29). The van der Waals surface area contributed by atoms with Crippen molar-refractivity contribution in [1.29, 1.82) is 0 Å². The molecule has 0 aliphatic heterocycles. The Morgan fingerprint density at radius 2 is 1.66 bits per heavy atom. The highest BCUT2D eigenvalue weighted by Crippen LogP contribution is 2.26. The van der Waals surface area contributed by atoms with Crippen LogP contribution in [0, 0.1) is 0 Å². The summed E-state index contributed by atoms with van der Waals surface area (Å²) in [5.41, 5.74) is 1.50. The number of alkyl halides is 2. The summed E-state index contributed by atoms with van der Waals surface area (Å²) in [6.45, 7) is 0. The summed E-state index contributed by atoms with van der Waals surface area (Å²) < 4.78 is 26.4. The number of nitrogens with zero attached hydrogens (tertiary/aromatic N) is 2. The minimum atomic E-state index is -2.50. The molecule has 1 aromatic heterocycles. The van der Waals surface area contributed by atoms with Crippen molar-refractivity contribution in [2.24, 2.45) is 0 Å². The number of para-hydroxylation sites is 2. The van der Waals surface area contributed by atoms with E-state index in [1.807, 2.05) is 18.2 Å². The van der Waals surface area contributed by atoms with E-state index in [2.05, 4.69) is 10.3 Å². The molecule has 5 nitrogen and oxygen atoms in total. The van der Waals surface area contributed by atoms with E-state index in [0.717, 1.165) is 11.8 Å². The molecule has 162 valence electrons. The van der Waals surface area contributed by atoms with Crippen LogP contribution in [0.2, 0.25) is 0 Å². The highest BCUT2D eigenvalue weighted by molar-refractivity contribution is 8.00. The normalized spacial score (nSPS) is 11.1. The lowest BCUT2D eigenvalue weighted by atomic mass is 10.2. The molecule has 0 saturated carbocycles. The van der Waals surface area contributed by atoms with Gasteiger partial charge < -0.3 is 5.32 Å². The maximum atomic E-state index is 13.1. The summed E-state index contributed by atoms with van der Waals surface area (Å²) in [6.07, 6.45) is 0. The van der Waals surface area contributed by atoms with Crippen LogP contribution >= 0.6 is 23.5 Å².